The van der Waals surface area contributed by atoms with Crippen LogP contribution in [0.15, 0.2) is 54.9 Å². The highest BCUT2D eigenvalue weighted by Gasteiger charge is 2.06. The highest BCUT2D eigenvalue weighted by molar-refractivity contribution is 5.94. The zero-order chi connectivity index (χ0) is 14.7. The van der Waals surface area contributed by atoms with Crippen molar-refractivity contribution in [2.45, 2.75) is 6.42 Å². The molecule has 3 rings (SSSR count). The summed E-state index contributed by atoms with van der Waals surface area (Å²) >= 11 is 0. The van der Waals surface area contributed by atoms with E-state index in [1.165, 1.54) is 0 Å². The lowest BCUT2D eigenvalue weighted by molar-refractivity contribution is -0.115. The van der Waals surface area contributed by atoms with Gasteiger partial charge in [0.2, 0.25) is 5.91 Å². The first-order valence-corrected chi connectivity index (χ1v) is 6.56. The molecule has 0 spiro atoms. The third kappa shape index (κ3) is 3.14. The van der Waals surface area contributed by atoms with Crippen molar-refractivity contribution in [1.82, 2.24) is 9.97 Å². The standard InChI is InChI=1S/C16H14N4O/c17-12-5-6-13(18-9-12)8-16(21)20-14-7-11-3-1-2-4-15(11)19-10-14/h1-7,9-10H,8,17H2,(H,20,21). The van der Waals surface area contributed by atoms with Gasteiger partial charge in [-0.3, -0.25) is 14.8 Å². The number of pyridine rings is 2. The number of para-hydroxylation sites is 1. The van der Waals surface area contributed by atoms with Crippen LogP contribution < -0.4 is 11.1 Å². The number of aromatic nitrogens is 2. The summed E-state index contributed by atoms with van der Waals surface area (Å²) in [6.45, 7) is 0. The lowest BCUT2D eigenvalue weighted by atomic mass is 10.2. The van der Waals surface area contributed by atoms with E-state index in [0.29, 0.717) is 17.1 Å². The second-order valence-corrected chi connectivity index (χ2v) is 4.72. The molecule has 104 valence electrons. The van der Waals surface area contributed by atoms with Crippen molar-refractivity contribution in [3.8, 4) is 0 Å². The Morgan fingerprint density at radius 1 is 1.10 bits per heavy atom. The number of anilines is 2. The Labute approximate surface area is 121 Å². The van der Waals surface area contributed by atoms with Gasteiger partial charge >= 0.3 is 0 Å². The summed E-state index contributed by atoms with van der Waals surface area (Å²) in [7, 11) is 0. The van der Waals surface area contributed by atoms with Gasteiger partial charge < -0.3 is 11.1 Å². The van der Waals surface area contributed by atoms with Gasteiger partial charge in [-0.1, -0.05) is 18.2 Å². The number of nitrogens with one attached hydrogen (secondary N) is 1. The molecular formula is C16H14N4O. The quantitative estimate of drug-likeness (QED) is 0.770. The number of nitrogen functional groups attached to an aromatic ring is 1. The Morgan fingerprint density at radius 2 is 1.95 bits per heavy atom. The van der Waals surface area contributed by atoms with Crippen LogP contribution >= 0.6 is 0 Å². The molecule has 0 radical (unpaired) electrons. The highest BCUT2D eigenvalue weighted by atomic mass is 16.1. The lowest BCUT2D eigenvalue weighted by Crippen LogP contribution is -2.15. The van der Waals surface area contributed by atoms with Crippen molar-refractivity contribution in [2.24, 2.45) is 0 Å². The smallest absolute Gasteiger partial charge is 0.230 e. The zero-order valence-electron chi connectivity index (χ0n) is 11.3. The van der Waals surface area contributed by atoms with Gasteiger partial charge in [0.1, 0.15) is 0 Å². The normalized spacial score (nSPS) is 10.5. The number of nitrogens with two attached hydrogens (primary N) is 1. The van der Waals surface area contributed by atoms with E-state index in [4.69, 9.17) is 5.73 Å². The van der Waals surface area contributed by atoms with E-state index >= 15 is 0 Å². The summed E-state index contributed by atoms with van der Waals surface area (Å²) in [5, 5.41) is 3.81. The summed E-state index contributed by atoms with van der Waals surface area (Å²) in [6.07, 6.45) is 3.39. The lowest BCUT2D eigenvalue weighted by Gasteiger charge is -2.06. The van der Waals surface area contributed by atoms with Crippen molar-refractivity contribution >= 4 is 28.2 Å². The number of benzene rings is 1. The summed E-state index contributed by atoms with van der Waals surface area (Å²) in [6, 6.07) is 13.1. The molecule has 0 aliphatic rings. The van der Waals surface area contributed by atoms with Crippen LogP contribution in [0.4, 0.5) is 11.4 Å². The Bertz CT molecular complexity index is 784. The molecule has 0 aliphatic carbocycles. The molecular weight excluding hydrogens is 264 g/mol. The van der Waals surface area contributed by atoms with Gasteiger partial charge in [-0.2, -0.15) is 0 Å². The first-order chi connectivity index (χ1) is 10.2. The van der Waals surface area contributed by atoms with Crippen molar-refractivity contribution in [1.29, 1.82) is 0 Å². The van der Waals surface area contributed by atoms with E-state index in [0.717, 1.165) is 10.9 Å². The largest absolute Gasteiger partial charge is 0.397 e. The summed E-state index contributed by atoms with van der Waals surface area (Å²) < 4.78 is 0. The molecule has 0 aliphatic heterocycles. The molecule has 5 nitrogen and oxygen atoms in total. The summed E-state index contributed by atoms with van der Waals surface area (Å²) in [5.41, 5.74) is 8.39. The molecule has 0 unspecified atom stereocenters. The first kappa shape index (κ1) is 13.1. The fourth-order valence-electron chi connectivity index (χ4n) is 2.05. The SMILES string of the molecule is Nc1ccc(CC(=O)Nc2cnc3ccccc3c2)nc1. The molecule has 3 aromatic rings. The monoisotopic (exact) mass is 278 g/mol. The van der Waals surface area contributed by atoms with Gasteiger partial charge in [0.25, 0.3) is 0 Å². The van der Waals surface area contributed by atoms with Crippen LogP contribution in [-0.2, 0) is 11.2 Å². The fraction of sp³-hybridized carbons (Fsp3) is 0.0625. The number of hydrogen-bond donors (Lipinski definition) is 2. The highest BCUT2D eigenvalue weighted by Crippen LogP contribution is 2.16. The Hall–Kier alpha value is -2.95. The van der Waals surface area contributed by atoms with E-state index in [2.05, 4.69) is 15.3 Å². The maximum atomic E-state index is 12.0. The van der Waals surface area contributed by atoms with E-state index in [1.807, 2.05) is 30.3 Å². The summed E-state index contributed by atoms with van der Waals surface area (Å²) in [5.74, 6) is -0.135. The van der Waals surface area contributed by atoms with E-state index in [-0.39, 0.29) is 12.3 Å². The minimum Gasteiger partial charge on any atom is -0.397 e. The van der Waals surface area contributed by atoms with Crippen LogP contribution in [0.1, 0.15) is 5.69 Å². The van der Waals surface area contributed by atoms with E-state index in [1.54, 1.807) is 24.5 Å². The number of carbonyl (C=O) groups excluding carboxylic acids is 1. The molecule has 1 aromatic carbocycles. The molecule has 21 heavy (non-hydrogen) atoms. The molecule has 0 saturated carbocycles. The molecule has 0 fully saturated rings. The molecule has 0 atom stereocenters. The zero-order valence-corrected chi connectivity index (χ0v) is 11.3. The van der Waals surface area contributed by atoms with Crippen LogP contribution in [0.3, 0.4) is 0 Å². The molecule has 0 saturated heterocycles. The maximum Gasteiger partial charge on any atom is 0.230 e. The van der Waals surface area contributed by atoms with E-state index < -0.39 is 0 Å². The predicted molar refractivity (Wildman–Crippen MR) is 82.7 cm³/mol. The number of nitrogens with zero attached hydrogens (tertiary/aromatic N) is 2. The molecule has 0 bridgehead atoms. The van der Waals surface area contributed by atoms with Crippen molar-refractivity contribution in [2.75, 3.05) is 11.1 Å². The second-order valence-electron chi connectivity index (χ2n) is 4.72. The van der Waals surface area contributed by atoms with Crippen LogP contribution in [0.2, 0.25) is 0 Å². The van der Waals surface area contributed by atoms with Crippen molar-refractivity contribution < 1.29 is 4.79 Å². The minimum absolute atomic E-state index is 0.135. The topological polar surface area (TPSA) is 80.9 Å². The Kier molecular flexibility index (Phi) is 3.47. The molecule has 3 N–H and O–H groups in total. The summed E-state index contributed by atoms with van der Waals surface area (Å²) in [4.78, 5) is 20.4. The average molecular weight is 278 g/mol. The van der Waals surface area contributed by atoms with Gasteiger partial charge in [0.05, 0.1) is 35.7 Å². The van der Waals surface area contributed by atoms with Crippen LogP contribution in [0, 0.1) is 0 Å². The molecule has 2 heterocycles. The van der Waals surface area contributed by atoms with Gasteiger partial charge in [-0.25, -0.2) is 0 Å². The van der Waals surface area contributed by atoms with Gasteiger partial charge in [0.15, 0.2) is 0 Å². The third-order valence-corrected chi connectivity index (χ3v) is 3.06. The van der Waals surface area contributed by atoms with Crippen LogP contribution in [-0.4, -0.2) is 15.9 Å². The number of rotatable bonds is 3. The Morgan fingerprint density at radius 3 is 2.76 bits per heavy atom. The van der Waals surface area contributed by atoms with Crippen LogP contribution in [0.5, 0.6) is 0 Å². The number of fused-ring (bicyclic) bond motifs is 1. The van der Waals surface area contributed by atoms with Gasteiger partial charge in [-0.05, 0) is 24.3 Å². The number of amides is 1. The first-order valence-electron chi connectivity index (χ1n) is 6.56. The minimum atomic E-state index is -0.135. The second kappa shape index (κ2) is 5.58. The average Bonchev–Trinajstić information content (AvgIpc) is 2.49. The Balaban J connectivity index is 1.72. The van der Waals surface area contributed by atoms with Gasteiger partial charge in [0, 0.05) is 11.1 Å². The van der Waals surface area contributed by atoms with Crippen molar-refractivity contribution in [3.63, 3.8) is 0 Å². The number of hydrogen-bond acceptors (Lipinski definition) is 4. The molecule has 1 amide bonds. The third-order valence-electron chi connectivity index (χ3n) is 3.06. The van der Waals surface area contributed by atoms with Gasteiger partial charge in [-0.15, -0.1) is 0 Å². The molecule has 5 heteroatoms. The fourth-order valence-corrected chi connectivity index (χ4v) is 2.05. The predicted octanol–water partition coefficient (Wildman–Crippen LogP) is 2.39. The molecule has 2 aromatic heterocycles. The van der Waals surface area contributed by atoms with E-state index in [9.17, 15) is 4.79 Å². The van der Waals surface area contributed by atoms with Crippen LogP contribution in [0.25, 0.3) is 10.9 Å². The van der Waals surface area contributed by atoms with Crippen molar-refractivity contribution in [3.05, 3.63) is 60.6 Å². The maximum absolute atomic E-state index is 12.0. The number of carbonyl (C=O) groups is 1.